The molecule has 0 saturated heterocycles. The number of nitrogens with zero attached hydrogens (tertiary/aromatic N) is 2. The van der Waals surface area contributed by atoms with Crippen LogP contribution in [0.15, 0.2) is 29.3 Å². The average Bonchev–Trinajstić information content (AvgIpc) is 2.06. The Labute approximate surface area is 65.8 Å². The van der Waals surface area contributed by atoms with Gasteiger partial charge in [0.05, 0.1) is 11.3 Å². The lowest BCUT2D eigenvalue weighted by Gasteiger charge is -1.93. The molecule has 0 aromatic heterocycles. The van der Waals surface area contributed by atoms with E-state index in [-0.39, 0.29) is 0 Å². The molecule has 0 aliphatic heterocycles. The van der Waals surface area contributed by atoms with E-state index in [1.165, 1.54) is 0 Å². The third kappa shape index (κ3) is 1.65. The maximum atomic E-state index is 8.62. The largest absolute Gasteiger partial charge is 0.260 e. The number of para-hydroxylation sites is 1. The lowest BCUT2D eigenvalue weighted by Crippen LogP contribution is -1.73. The Hall–Kier alpha value is -1.62. The predicted octanol–water partition coefficient (Wildman–Crippen LogP) is 2.28. The van der Waals surface area contributed by atoms with E-state index >= 15 is 0 Å². The lowest BCUT2D eigenvalue weighted by molar-refractivity contribution is 1.44. The number of rotatable bonds is 1. The summed E-state index contributed by atoms with van der Waals surface area (Å²) in [6, 6.07) is 9.33. The first-order valence-corrected chi connectivity index (χ1v) is 3.36. The summed E-state index contributed by atoms with van der Waals surface area (Å²) in [4.78, 5) is 4.03. The van der Waals surface area contributed by atoms with E-state index in [4.69, 9.17) is 5.26 Å². The zero-order chi connectivity index (χ0) is 8.10. The van der Waals surface area contributed by atoms with Crippen LogP contribution >= 0.6 is 0 Å². The van der Waals surface area contributed by atoms with Crippen molar-refractivity contribution < 1.29 is 0 Å². The molecule has 2 heteroatoms. The van der Waals surface area contributed by atoms with Gasteiger partial charge < -0.3 is 0 Å². The zero-order valence-corrected chi connectivity index (χ0v) is 6.28. The van der Waals surface area contributed by atoms with Crippen LogP contribution in [0, 0.1) is 11.3 Å². The molecule has 0 heterocycles. The fourth-order valence-corrected chi connectivity index (χ4v) is 0.820. The molecule has 0 radical (unpaired) electrons. The van der Waals surface area contributed by atoms with Gasteiger partial charge in [0.1, 0.15) is 6.07 Å². The van der Waals surface area contributed by atoms with Gasteiger partial charge in [-0.1, -0.05) is 12.1 Å². The molecule has 0 saturated carbocycles. The molecule has 0 amide bonds. The topological polar surface area (TPSA) is 36.1 Å². The van der Waals surface area contributed by atoms with Crippen LogP contribution in [0.4, 0.5) is 5.69 Å². The Balaban J connectivity index is 3.15. The summed E-state index contributed by atoms with van der Waals surface area (Å²) in [5, 5.41) is 8.62. The van der Waals surface area contributed by atoms with Gasteiger partial charge in [0.25, 0.3) is 0 Å². The molecule has 0 fully saturated rings. The summed E-state index contributed by atoms with van der Waals surface area (Å²) in [6.07, 6.45) is 1.68. The highest BCUT2D eigenvalue weighted by Gasteiger charge is 1.94. The van der Waals surface area contributed by atoms with E-state index in [1.807, 2.05) is 25.1 Å². The monoisotopic (exact) mass is 144 g/mol. The van der Waals surface area contributed by atoms with Crippen molar-refractivity contribution in [2.45, 2.75) is 6.92 Å². The van der Waals surface area contributed by atoms with Crippen LogP contribution in [0.25, 0.3) is 0 Å². The molecule has 0 aliphatic carbocycles. The quantitative estimate of drug-likeness (QED) is 0.557. The van der Waals surface area contributed by atoms with Crippen LogP contribution in [0.1, 0.15) is 12.5 Å². The third-order valence-corrected chi connectivity index (χ3v) is 1.29. The van der Waals surface area contributed by atoms with Crippen LogP contribution in [0.5, 0.6) is 0 Å². The minimum atomic E-state index is 0.616. The number of hydrogen-bond donors (Lipinski definition) is 0. The van der Waals surface area contributed by atoms with Crippen molar-refractivity contribution in [3.63, 3.8) is 0 Å². The zero-order valence-electron chi connectivity index (χ0n) is 6.28. The standard InChI is InChI=1S/C9H8N2/c1-2-11-9-6-4-3-5-8(9)7-10/h2-6H,1H3/b11-2-. The van der Waals surface area contributed by atoms with E-state index in [9.17, 15) is 0 Å². The Morgan fingerprint density at radius 3 is 2.82 bits per heavy atom. The van der Waals surface area contributed by atoms with Gasteiger partial charge >= 0.3 is 0 Å². The highest BCUT2D eigenvalue weighted by atomic mass is 14.7. The molecule has 0 atom stereocenters. The van der Waals surface area contributed by atoms with Gasteiger partial charge in [0, 0.05) is 6.21 Å². The van der Waals surface area contributed by atoms with Crippen LogP contribution in [0.3, 0.4) is 0 Å². The molecular weight excluding hydrogens is 136 g/mol. The van der Waals surface area contributed by atoms with Gasteiger partial charge in [-0.15, -0.1) is 0 Å². The molecule has 0 aliphatic rings. The average molecular weight is 144 g/mol. The normalized spacial score (nSPS) is 9.82. The van der Waals surface area contributed by atoms with Crippen LogP contribution < -0.4 is 0 Å². The molecule has 1 rings (SSSR count). The van der Waals surface area contributed by atoms with E-state index in [0.29, 0.717) is 5.56 Å². The molecule has 0 spiro atoms. The van der Waals surface area contributed by atoms with E-state index < -0.39 is 0 Å². The van der Waals surface area contributed by atoms with Gasteiger partial charge in [-0.05, 0) is 19.1 Å². The predicted molar refractivity (Wildman–Crippen MR) is 45.0 cm³/mol. The molecule has 54 valence electrons. The van der Waals surface area contributed by atoms with Crippen LogP contribution in [-0.2, 0) is 0 Å². The Morgan fingerprint density at radius 1 is 1.45 bits per heavy atom. The maximum absolute atomic E-state index is 8.62. The second-order valence-electron chi connectivity index (χ2n) is 2.02. The number of nitriles is 1. The minimum Gasteiger partial charge on any atom is -0.260 e. The molecule has 1 aromatic carbocycles. The van der Waals surface area contributed by atoms with Gasteiger partial charge in [0.2, 0.25) is 0 Å². The van der Waals surface area contributed by atoms with Gasteiger partial charge in [-0.3, -0.25) is 4.99 Å². The van der Waals surface area contributed by atoms with Crippen molar-refractivity contribution in [1.29, 1.82) is 5.26 Å². The molecule has 0 bridgehead atoms. The minimum absolute atomic E-state index is 0.616. The first kappa shape index (κ1) is 7.49. The summed E-state index contributed by atoms with van der Waals surface area (Å²) in [5.41, 5.74) is 1.35. The smallest absolute Gasteiger partial charge is 0.101 e. The second-order valence-corrected chi connectivity index (χ2v) is 2.02. The molecule has 0 unspecified atom stereocenters. The van der Waals surface area contributed by atoms with Crippen molar-refractivity contribution in [3.8, 4) is 6.07 Å². The molecular formula is C9H8N2. The first-order valence-electron chi connectivity index (χ1n) is 3.36. The Bertz CT molecular complexity index is 308. The van der Waals surface area contributed by atoms with Crippen molar-refractivity contribution in [2.24, 2.45) is 4.99 Å². The molecule has 11 heavy (non-hydrogen) atoms. The number of hydrogen-bond acceptors (Lipinski definition) is 2. The highest BCUT2D eigenvalue weighted by Crippen LogP contribution is 2.16. The lowest BCUT2D eigenvalue weighted by atomic mass is 10.2. The van der Waals surface area contributed by atoms with Gasteiger partial charge in [-0.25, -0.2) is 0 Å². The van der Waals surface area contributed by atoms with Gasteiger partial charge in [0.15, 0.2) is 0 Å². The van der Waals surface area contributed by atoms with Gasteiger partial charge in [-0.2, -0.15) is 5.26 Å². The van der Waals surface area contributed by atoms with E-state index in [2.05, 4.69) is 11.1 Å². The van der Waals surface area contributed by atoms with Crippen LogP contribution in [-0.4, -0.2) is 6.21 Å². The van der Waals surface area contributed by atoms with Crippen molar-refractivity contribution in [2.75, 3.05) is 0 Å². The molecule has 1 aromatic rings. The van der Waals surface area contributed by atoms with Crippen LogP contribution in [0.2, 0.25) is 0 Å². The summed E-state index contributed by atoms with van der Waals surface area (Å²) < 4.78 is 0. The maximum Gasteiger partial charge on any atom is 0.101 e. The second kappa shape index (κ2) is 3.52. The van der Waals surface area contributed by atoms with Crippen molar-refractivity contribution in [1.82, 2.24) is 0 Å². The summed E-state index contributed by atoms with van der Waals surface area (Å²) in [5.74, 6) is 0. The van der Waals surface area contributed by atoms with E-state index in [0.717, 1.165) is 5.69 Å². The molecule has 2 nitrogen and oxygen atoms in total. The third-order valence-electron chi connectivity index (χ3n) is 1.29. The Kier molecular flexibility index (Phi) is 2.40. The Morgan fingerprint density at radius 2 is 2.18 bits per heavy atom. The van der Waals surface area contributed by atoms with Crippen molar-refractivity contribution >= 4 is 11.9 Å². The number of benzene rings is 1. The molecule has 0 N–H and O–H groups in total. The number of aliphatic imine (C=N–C) groups is 1. The van der Waals surface area contributed by atoms with E-state index in [1.54, 1.807) is 12.3 Å². The highest BCUT2D eigenvalue weighted by molar-refractivity contribution is 5.64. The summed E-state index contributed by atoms with van der Waals surface area (Å²) in [6.45, 7) is 1.83. The summed E-state index contributed by atoms with van der Waals surface area (Å²) >= 11 is 0. The summed E-state index contributed by atoms with van der Waals surface area (Å²) in [7, 11) is 0. The fraction of sp³-hybridized carbons (Fsp3) is 0.111. The first-order chi connectivity index (χ1) is 5.38. The SMILES string of the molecule is C/C=N\c1ccccc1C#N. The fourth-order valence-electron chi connectivity index (χ4n) is 0.820. The van der Waals surface area contributed by atoms with Crippen molar-refractivity contribution in [3.05, 3.63) is 29.8 Å².